The lowest BCUT2D eigenvalue weighted by Gasteiger charge is -2.27. The summed E-state index contributed by atoms with van der Waals surface area (Å²) in [5.41, 5.74) is 1.70. The van der Waals surface area contributed by atoms with E-state index >= 15 is 0 Å². The molecule has 2 heterocycles. The van der Waals surface area contributed by atoms with Gasteiger partial charge in [-0.2, -0.15) is 5.26 Å². The van der Waals surface area contributed by atoms with Crippen LogP contribution >= 0.6 is 11.3 Å². The Morgan fingerprint density at radius 1 is 1.34 bits per heavy atom. The van der Waals surface area contributed by atoms with E-state index in [-0.39, 0.29) is 33.1 Å². The maximum atomic E-state index is 14.1. The van der Waals surface area contributed by atoms with Crippen molar-refractivity contribution in [2.24, 2.45) is 5.92 Å². The van der Waals surface area contributed by atoms with Gasteiger partial charge in [0.15, 0.2) is 5.13 Å². The highest BCUT2D eigenvalue weighted by atomic mass is 32.2. The number of nitrogens with zero attached hydrogens (tertiary/aromatic N) is 3. The number of carboxylic acid groups (broad SMARTS) is 1. The first-order chi connectivity index (χ1) is 16.6. The molecule has 11 heteroatoms. The smallest absolute Gasteiger partial charge is 0.307 e. The number of benzene rings is 2. The highest BCUT2D eigenvalue weighted by molar-refractivity contribution is 7.93. The average molecular weight is 515 g/mol. The van der Waals surface area contributed by atoms with Gasteiger partial charge in [0.25, 0.3) is 10.0 Å². The number of carbonyl (C=O) groups is 1. The van der Waals surface area contributed by atoms with Gasteiger partial charge in [-0.3, -0.25) is 14.4 Å². The third-order valence-electron chi connectivity index (χ3n) is 5.74. The van der Waals surface area contributed by atoms with Crippen LogP contribution in [-0.4, -0.2) is 29.4 Å². The molecule has 1 aliphatic rings. The van der Waals surface area contributed by atoms with E-state index in [0.29, 0.717) is 13.1 Å². The third kappa shape index (κ3) is 5.19. The Kier molecular flexibility index (Phi) is 6.89. The van der Waals surface area contributed by atoms with Gasteiger partial charge in [0.2, 0.25) is 0 Å². The number of carboxylic acids is 1. The van der Waals surface area contributed by atoms with E-state index in [2.05, 4.69) is 14.6 Å². The number of anilines is 1. The molecule has 2 N–H and O–H groups in total. The molecule has 0 radical (unpaired) electrons. The second-order valence-electron chi connectivity index (χ2n) is 8.63. The number of nitriles is 1. The topological polar surface area (TPSA) is 123 Å². The minimum Gasteiger partial charge on any atom is -0.481 e. The van der Waals surface area contributed by atoms with Crippen molar-refractivity contribution in [3.05, 3.63) is 75.5 Å². The standard InChI is InChI=1S/C24H23FN4O4S2/c1-14(2)23-22-19(13-29(23)12-15-7-8-17(11-26)18(25)9-15)34-24(27-22)28-35(32,33)20-6-4-3-5-16(20)10-21(30)31/h3-9,14,23H,10,12-13H2,1-2H3,(H,27,28)(H,30,31). The summed E-state index contributed by atoms with van der Waals surface area (Å²) in [5.74, 6) is -1.52. The van der Waals surface area contributed by atoms with Crippen molar-refractivity contribution in [1.29, 1.82) is 5.26 Å². The van der Waals surface area contributed by atoms with Crippen molar-refractivity contribution in [2.45, 2.75) is 44.3 Å². The number of aromatic nitrogens is 1. The van der Waals surface area contributed by atoms with Gasteiger partial charge >= 0.3 is 5.97 Å². The first kappa shape index (κ1) is 24.8. The lowest BCUT2D eigenvalue weighted by Crippen LogP contribution is -2.26. The zero-order chi connectivity index (χ0) is 25.3. The maximum absolute atomic E-state index is 14.1. The van der Waals surface area contributed by atoms with Gasteiger partial charge in [0.1, 0.15) is 11.9 Å². The zero-order valence-electron chi connectivity index (χ0n) is 19.0. The van der Waals surface area contributed by atoms with Gasteiger partial charge in [0.05, 0.1) is 28.6 Å². The van der Waals surface area contributed by atoms with Crippen LogP contribution in [0.1, 0.15) is 47.2 Å². The van der Waals surface area contributed by atoms with E-state index < -0.39 is 28.2 Å². The summed E-state index contributed by atoms with van der Waals surface area (Å²) < 4.78 is 42.7. The first-order valence-electron chi connectivity index (χ1n) is 10.8. The first-order valence-corrected chi connectivity index (χ1v) is 13.1. The molecular weight excluding hydrogens is 491 g/mol. The third-order valence-corrected chi connectivity index (χ3v) is 8.28. The summed E-state index contributed by atoms with van der Waals surface area (Å²) in [6.45, 7) is 5.06. The Morgan fingerprint density at radius 3 is 2.74 bits per heavy atom. The van der Waals surface area contributed by atoms with E-state index in [4.69, 9.17) is 10.4 Å². The molecule has 1 aliphatic heterocycles. The average Bonchev–Trinajstić information content (AvgIpc) is 3.29. The molecule has 3 aromatic rings. The highest BCUT2D eigenvalue weighted by Crippen LogP contribution is 2.43. The normalized spacial score (nSPS) is 15.7. The molecule has 0 spiro atoms. The van der Waals surface area contributed by atoms with Gasteiger partial charge < -0.3 is 5.11 Å². The summed E-state index contributed by atoms with van der Waals surface area (Å²) in [6, 6.07) is 12.3. The monoisotopic (exact) mass is 514 g/mol. The Labute approximate surface area is 206 Å². The van der Waals surface area contributed by atoms with Crippen LogP contribution in [0.15, 0.2) is 47.4 Å². The fourth-order valence-electron chi connectivity index (χ4n) is 4.33. The predicted octanol–water partition coefficient (Wildman–Crippen LogP) is 4.29. The maximum Gasteiger partial charge on any atom is 0.307 e. The molecule has 0 amide bonds. The fourth-order valence-corrected chi connectivity index (χ4v) is 6.83. The molecule has 35 heavy (non-hydrogen) atoms. The van der Waals surface area contributed by atoms with Crippen molar-refractivity contribution in [1.82, 2.24) is 9.88 Å². The molecular formula is C24H23FN4O4S2. The largest absolute Gasteiger partial charge is 0.481 e. The molecule has 0 fully saturated rings. The van der Waals surface area contributed by atoms with Crippen molar-refractivity contribution in [3.63, 3.8) is 0 Å². The molecule has 2 aromatic carbocycles. The highest BCUT2D eigenvalue weighted by Gasteiger charge is 2.36. The number of rotatable bonds is 8. The number of nitrogens with one attached hydrogen (secondary N) is 1. The van der Waals surface area contributed by atoms with Crippen LogP contribution in [0.3, 0.4) is 0 Å². The van der Waals surface area contributed by atoms with Crippen LogP contribution in [0.2, 0.25) is 0 Å². The molecule has 182 valence electrons. The molecule has 0 bridgehead atoms. The number of sulfonamides is 1. The van der Waals surface area contributed by atoms with Crippen molar-refractivity contribution < 1.29 is 22.7 Å². The second kappa shape index (κ2) is 9.73. The Hall–Kier alpha value is -3.33. The molecule has 0 saturated heterocycles. The zero-order valence-corrected chi connectivity index (χ0v) is 20.7. The van der Waals surface area contributed by atoms with Crippen LogP contribution in [0.25, 0.3) is 0 Å². The van der Waals surface area contributed by atoms with Gasteiger partial charge in [-0.05, 0) is 35.2 Å². The number of halogens is 1. The Balaban J connectivity index is 1.57. The molecule has 1 atom stereocenters. The lowest BCUT2D eigenvalue weighted by atomic mass is 10.0. The summed E-state index contributed by atoms with van der Waals surface area (Å²) in [5, 5.41) is 18.3. The fraction of sp³-hybridized carbons (Fsp3) is 0.292. The van der Waals surface area contributed by atoms with Crippen molar-refractivity contribution >= 4 is 32.5 Å². The predicted molar refractivity (Wildman–Crippen MR) is 129 cm³/mol. The lowest BCUT2D eigenvalue weighted by molar-refractivity contribution is -0.136. The minimum atomic E-state index is -4.04. The summed E-state index contributed by atoms with van der Waals surface area (Å²) in [6.07, 6.45) is -0.411. The van der Waals surface area contributed by atoms with E-state index in [9.17, 15) is 17.6 Å². The van der Waals surface area contributed by atoms with E-state index in [1.165, 1.54) is 35.6 Å². The number of aliphatic carboxylic acids is 1. The number of hydrogen-bond donors (Lipinski definition) is 2. The van der Waals surface area contributed by atoms with Crippen LogP contribution in [0, 0.1) is 23.1 Å². The van der Waals surface area contributed by atoms with E-state index in [0.717, 1.165) is 16.1 Å². The molecule has 1 aromatic heterocycles. The number of hydrogen-bond acceptors (Lipinski definition) is 7. The van der Waals surface area contributed by atoms with Gasteiger partial charge in [-0.15, -0.1) is 0 Å². The summed E-state index contributed by atoms with van der Waals surface area (Å²) >= 11 is 1.23. The number of thiazole rings is 1. The van der Waals surface area contributed by atoms with Crippen molar-refractivity contribution in [2.75, 3.05) is 4.72 Å². The quantitative estimate of drug-likeness (QED) is 0.459. The van der Waals surface area contributed by atoms with Crippen LogP contribution < -0.4 is 4.72 Å². The molecule has 0 saturated carbocycles. The van der Waals surface area contributed by atoms with E-state index in [1.54, 1.807) is 18.2 Å². The minimum absolute atomic E-state index is 0.00166. The molecule has 8 nitrogen and oxygen atoms in total. The number of fused-ring (bicyclic) bond motifs is 1. The van der Waals surface area contributed by atoms with Gasteiger partial charge in [-0.25, -0.2) is 17.8 Å². The molecule has 1 unspecified atom stereocenters. The second-order valence-corrected chi connectivity index (χ2v) is 11.4. The van der Waals surface area contributed by atoms with Gasteiger partial charge in [-0.1, -0.05) is 49.4 Å². The van der Waals surface area contributed by atoms with Crippen LogP contribution in [0.4, 0.5) is 9.52 Å². The van der Waals surface area contributed by atoms with Gasteiger partial charge in [0, 0.05) is 18.0 Å². The van der Waals surface area contributed by atoms with Crippen molar-refractivity contribution in [3.8, 4) is 6.07 Å². The van der Waals surface area contributed by atoms with Crippen LogP contribution in [-0.2, 0) is 34.3 Å². The molecule has 4 rings (SSSR count). The van der Waals surface area contributed by atoms with E-state index in [1.807, 2.05) is 19.9 Å². The Bertz CT molecular complexity index is 1430. The Morgan fingerprint density at radius 2 is 2.09 bits per heavy atom. The SMILES string of the molecule is CC(C)C1c2nc(NS(=O)(=O)c3ccccc3CC(=O)O)sc2CN1Cc1ccc(C#N)c(F)c1. The molecule has 0 aliphatic carbocycles. The van der Waals surface area contributed by atoms with Crippen LogP contribution in [0.5, 0.6) is 0 Å². The summed E-state index contributed by atoms with van der Waals surface area (Å²) in [4.78, 5) is 18.7. The summed E-state index contributed by atoms with van der Waals surface area (Å²) in [7, 11) is -4.04.